The van der Waals surface area contributed by atoms with Crippen LogP contribution < -0.4 is 10.0 Å². The van der Waals surface area contributed by atoms with E-state index in [0.29, 0.717) is 170 Å². The summed E-state index contributed by atoms with van der Waals surface area (Å²) in [6.45, 7) is 10.2. The molecule has 3 aromatic heterocycles. The quantitative estimate of drug-likeness (QED) is 0.0124. The summed E-state index contributed by atoms with van der Waals surface area (Å²) in [5.74, 6) is -0.412. The van der Waals surface area contributed by atoms with Gasteiger partial charge >= 0.3 is 0 Å². The number of carbonyl (C=O) groups is 1. The SMILES string of the molecule is COCCOCCOCCn1c(/C=C/C2=[N+](CCOCCOCCOC)C(=C3/C(=O)C(c4ccc(/C=C/c5ccc(/C=N/N(c6ccccc6)c6ccccc6)n5CCOCCOCCOC)n4CCOCCOCCOC)=C3O)/C=C2)ccc1/C=N/N(c1ccccc1)c1ccccc1. The summed E-state index contributed by atoms with van der Waals surface area (Å²) in [7, 11) is 6.56. The monoisotopic (exact) mass is 1370 g/mol. The lowest BCUT2D eigenvalue weighted by molar-refractivity contribution is -0.472. The topological polar surface area (TPSA) is 197 Å². The molecule has 4 heterocycles. The van der Waals surface area contributed by atoms with Crippen molar-refractivity contribution in [1.29, 1.82) is 0 Å². The van der Waals surface area contributed by atoms with Crippen LogP contribution in [0.1, 0.15) is 34.2 Å². The van der Waals surface area contributed by atoms with Crippen molar-refractivity contribution in [3.05, 3.63) is 227 Å². The molecule has 22 nitrogen and oxygen atoms in total. The molecule has 0 saturated heterocycles. The second kappa shape index (κ2) is 42.9. The van der Waals surface area contributed by atoms with Gasteiger partial charge in [-0.1, -0.05) is 72.8 Å². The molecule has 0 unspecified atom stereocenters. The number of allylic oxidation sites excluding steroid dienone is 5. The van der Waals surface area contributed by atoms with E-state index in [9.17, 15) is 5.11 Å². The molecule has 22 heteroatoms. The highest BCUT2D eigenvalue weighted by Gasteiger charge is 2.43. The van der Waals surface area contributed by atoms with Crippen molar-refractivity contribution in [2.75, 3.05) is 177 Å². The van der Waals surface area contributed by atoms with Gasteiger partial charge in [-0.05, 0) is 103 Å². The molecule has 0 amide bonds. The number of aliphatic hydroxyl groups is 1. The molecular weight excluding hydrogens is 1270 g/mol. The van der Waals surface area contributed by atoms with E-state index in [1.54, 1.807) is 28.4 Å². The Hall–Kier alpha value is -8.98. The summed E-state index contributed by atoms with van der Waals surface area (Å²) in [6, 6.07) is 52.1. The summed E-state index contributed by atoms with van der Waals surface area (Å²) >= 11 is 0. The number of para-hydroxylation sites is 4. The molecule has 0 fully saturated rings. The Bertz CT molecular complexity index is 3740. The number of ketones is 1. The smallest absolute Gasteiger partial charge is 0.221 e. The first-order chi connectivity index (χ1) is 49.4. The fourth-order valence-corrected chi connectivity index (χ4v) is 11.0. The van der Waals surface area contributed by atoms with Gasteiger partial charge in [0.05, 0.1) is 183 Å². The number of ether oxygens (including phenoxy) is 12. The van der Waals surface area contributed by atoms with E-state index in [4.69, 9.17) is 67.0 Å². The molecular formula is C78H95N8O14+. The van der Waals surface area contributed by atoms with Gasteiger partial charge in [0.15, 0.2) is 6.54 Å². The van der Waals surface area contributed by atoms with Crippen LogP contribution in [0.2, 0.25) is 0 Å². The van der Waals surface area contributed by atoms with E-state index in [2.05, 4.69) is 9.13 Å². The van der Waals surface area contributed by atoms with Crippen LogP contribution in [0.15, 0.2) is 203 Å². The Morgan fingerprint density at radius 2 is 0.700 bits per heavy atom. The number of hydrazone groups is 2. The van der Waals surface area contributed by atoms with Crippen molar-refractivity contribution in [3.8, 4) is 0 Å². The molecule has 0 spiro atoms. The third-order valence-electron chi connectivity index (χ3n) is 16.1. The number of hydrogen-bond acceptors (Lipinski definition) is 18. The Kier molecular flexibility index (Phi) is 32.2. The summed E-state index contributed by atoms with van der Waals surface area (Å²) < 4.78 is 76.1. The molecule has 1 N–H and O–H groups in total. The third-order valence-corrected chi connectivity index (χ3v) is 16.1. The number of hydrogen-bond donors (Lipinski definition) is 1. The Morgan fingerprint density at radius 3 is 1.09 bits per heavy atom. The maximum absolute atomic E-state index is 15.0. The minimum Gasteiger partial charge on any atom is -0.506 e. The Morgan fingerprint density at radius 1 is 0.370 bits per heavy atom. The number of methoxy groups -OCH3 is 4. The number of aromatic nitrogens is 3. The minimum atomic E-state index is -0.300. The van der Waals surface area contributed by atoms with E-state index in [-0.39, 0.29) is 22.7 Å². The summed E-state index contributed by atoms with van der Waals surface area (Å²) in [5, 5.41) is 26.3. The molecule has 7 aromatic rings. The molecule has 4 aromatic carbocycles. The maximum Gasteiger partial charge on any atom is 0.221 e. The van der Waals surface area contributed by atoms with E-state index in [1.807, 2.05) is 226 Å². The van der Waals surface area contributed by atoms with Gasteiger partial charge in [0.25, 0.3) is 0 Å². The molecule has 1 aliphatic carbocycles. The lowest BCUT2D eigenvalue weighted by Gasteiger charge is -2.23. The summed E-state index contributed by atoms with van der Waals surface area (Å²) in [4.78, 5) is 15.0. The van der Waals surface area contributed by atoms with E-state index in [0.717, 1.165) is 56.9 Å². The second-order valence-corrected chi connectivity index (χ2v) is 22.7. The van der Waals surface area contributed by atoms with Crippen LogP contribution in [-0.4, -0.2) is 214 Å². The first kappa shape index (κ1) is 75.2. The zero-order chi connectivity index (χ0) is 69.6. The van der Waals surface area contributed by atoms with Crippen LogP contribution in [0.25, 0.3) is 23.8 Å². The zero-order valence-electron chi connectivity index (χ0n) is 57.9. The van der Waals surface area contributed by atoms with Crippen LogP contribution >= 0.6 is 0 Å². The number of aliphatic hydroxyl groups excluding tert-OH is 1. The highest BCUT2D eigenvalue weighted by atomic mass is 16.6. The van der Waals surface area contributed by atoms with Crippen LogP contribution in [-0.2, 0) is 81.3 Å². The second-order valence-electron chi connectivity index (χ2n) is 22.7. The van der Waals surface area contributed by atoms with Gasteiger partial charge in [-0.25, -0.2) is 10.0 Å². The number of nitrogens with zero attached hydrogens (tertiary/aromatic N) is 8. The largest absolute Gasteiger partial charge is 0.506 e. The van der Waals surface area contributed by atoms with Crippen LogP contribution in [0, 0.1) is 0 Å². The Balaban J connectivity index is 1.03. The lowest BCUT2D eigenvalue weighted by atomic mass is 9.84. The standard InChI is InChI=1S/C78H94N8O14/c1-89-45-49-97-57-53-93-41-37-81-63(29-31-71(81)61-79-85(67-17-9-5-10-18-67)68-19-11-6-12-20-68)25-27-65-33-35-73(83(65)39-43-95-55-59-99-51-47-91-3)75-77(87)76(78(75)88)74-36-34-66(84(74)40-44-96-56-60-100-52-48-92-4)28-26-64-30-32-72(82(64)38-42-94-54-58-98-50-46-90-2)62-80-86(69-21-13-7-14-22-69)70-23-15-8-16-24-70/h5-36,61-62H,37-60H2,1-4H3/p+1. The van der Waals surface area contributed by atoms with E-state index in [1.165, 1.54) is 0 Å². The molecule has 0 bridgehead atoms. The van der Waals surface area contributed by atoms with Gasteiger partial charge in [0.1, 0.15) is 17.9 Å². The van der Waals surface area contributed by atoms with Crippen molar-refractivity contribution >= 4 is 70.5 Å². The minimum absolute atomic E-state index is 0.112. The summed E-state index contributed by atoms with van der Waals surface area (Å²) in [5.41, 5.74) is 10.2. The number of benzene rings is 4. The molecule has 9 rings (SSSR count). The number of Topliss-reactive ketones (excluding diaryl/α,β-unsaturated/α-hetero) is 1. The van der Waals surface area contributed by atoms with Gasteiger partial charge in [-0.15, -0.1) is 0 Å². The van der Waals surface area contributed by atoms with Crippen molar-refractivity contribution in [3.63, 3.8) is 0 Å². The molecule has 530 valence electrons. The molecule has 0 saturated carbocycles. The van der Waals surface area contributed by atoms with Gasteiger partial charge < -0.3 is 75.7 Å². The first-order valence-electron chi connectivity index (χ1n) is 33.9. The average Bonchev–Trinajstić information content (AvgIpc) is 1.44. The maximum atomic E-state index is 15.0. The predicted octanol–water partition coefficient (Wildman–Crippen LogP) is 11.2. The van der Waals surface area contributed by atoms with Crippen molar-refractivity contribution in [2.24, 2.45) is 10.2 Å². The third kappa shape index (κ3) is 22.5. The molecule has 2 aliphatic rings. The van der Waals surface area contributed by atoms with E-state index >= 15 is 4.79 Å². The number of rotatable bonds is 49. The fourth-order valence-electron chi connectivity index (χ4n) is 11.0. The van der Waals surface area contributed by atoms with E-state index < -0.39 is 0 Å². The van der Waals surface area contributed by atoms with Crippen molar-refractivity contribution in [2.45, 2.75) is 19.6 Å². The van der Waals surface area contributed by atoms with Crippen molar-refractivity contribution in [1.82, 2.24) is 13.7 Å². The molecule has 0 radical (unpaired) electrons. The zero-order valence-corrected chi connectivity index (χ0v) is 57.9. The van der Waals surface area contributed by atoms with Crippen molar-refractivity contribution < 1.29 is 71.3 Å². The van der Waals surface area contributed by atoms with Gasteiger partial charge in [0.2, 0.25) is 17.2 Å². The van der Waals surface area contributed by atoms with Crippen LogP contribution in [0.4, 0.5) is 22.7 Å². The average molecular weight is 1370 g/mol. The van der Waals surface area contributed by atoms with Crippen LogP contribution in [0.5, 0.6) is 0 Å². The highest BCUT2D eigenvalue weighted by molar-refractivity contribution is 6.39. The number of carbonyl (C=O) groups excluding carboxylic acids is 1. The lowest BCUT2D eigenvalue weighted by Crippen LogP contribution is -2.29. The first-order valence-corrected chi connectivity index (χ1v) is 33.9. The van der Waals surface area contributed by atoms with Crippen LogP contribution in [0.3, 0.4) is 0 Å². The summed E-state index contributed by atoms with van der Waals surface area (Å²) in [6.07, 6.45) is 15.6. The molecule has 1 aliphatic heterocycles. The number of anilines is 4. The molecule has 100 heavy (non-hydrogen) atoms. The highest BCUT2D eigenvalue weighted by Crippen LogP contribution is 2.40. The Labute approximate surface area is 587 Å². The predicted molar refractivity (Wildman–Crippen MR) is 391 cm³/mol. The van der Waals surface area contributed by atoms with Gasteiger partial charge in [-0.3, -0.25) is 4.79 Å². The normalized spacial score (nSPS) is 14.1. The van der Waals surface area contributed by atoms with Gasteiger partial charge in [-0.2, -0.15) is 14.8 Å². The van der Waals surface area contributed by atoms with Gasteiger partial charge in [0, 0.05) is 83.4 Å². The fraction of sp³-hybridized carbons (Fsp3) is 0.359. The molecule has 0 atom stereocenters.